The van der Waals surface area contributed by atoms with E-state index in [1.54, 1.807) is 42.6 Å². The van der Waals surface area contributed by atoms with Gasteiger partial charge < -0.3 is 9.47 Å². The van der Waals surface area contributed by atoms with E-state index in [-0.39, 0.29) is 12.4 Å². The van der Waals surface area contributed by atoms with Crippen LogP contribution in [0.25, 0.3) is 0 Å². The van der Waals surface area contributed by atoms with Gasteiger partial charge in [0.05, 0.1) is 17.9 Å². The lowest BCUT2D eigenvalue weighted by atomic mass is 9.94. The van der Waals surface area contributed by atoms with E-state index < -0.39 is 5.60 Å². The highest BCUT2D eigenvalue weighted by Gasteiger charge is 2.55. The van der Waals surface area contributed by atoms with Crippen LogP contribution in [0.15, 0.2) is 48.7 Å². The molecule has 1 aliphatic heterocycles. The van der Waals surface area contributed by atoms with E-state index >= 15 is 0 Å². The first kappa shape index (κ1) is 13.3. The molecule has 4 nitrogen and oxygen atoms in total. The van der Waals surface area contributed by atoms with Crippen molar-refractivity contribution in [2.45, 2.75) is 5.60 Å². The SMILES string of the molecule is C#CCOc1ccccc1C(=O)C1(c2ccccn2)CO1. The number of benzene rings is 1. The van der Waals surface area contributed by atoms with Gasteiger partial charge in [0.25, 0.3) is 0 Å². The van der Waals surface area contributed by atoms with Gasteiger partial charge in [-0.15, -0.1) is 6.42 Å². The number of carbonyl (C=O) groups is 1. The summed E-state index contributed by atoms with van der Waals surface area (Å²) in [5.74, 6) is 2.70. The average molecular weight is 279 g/mol. The summed E-state index contributed by atoms with van der Waals surface area (Å²) in [4.78, 5) is 17.0. The largest absolute Gasteiger partial charge is 0.480 e. The van der Waals surface area contributed by atoms with E-state index in [2.05, 4.69) is 10.9 Å². The first-order valence-electron chi connectivity index (χ1n) is 6.53. The van der Waals surface area contributed by atoms with Crippen LogP contribution in [0, 0.1) is 12.3 Å². The number of nitrogens with zero attached hydrogens (tertiary/aromatic N) is 1. The predicted octanol–water partition coefficient (Wildman–Crippen LogP) is 2.20. The number of hydrogen-bond donors (Lipinski definition) is 0. The van der Waals surface area contributed by atoms with Crippen molar-refractivity contribution in [3.05, 3.63) is 59.9 Å². The molecule has 3 rings (SSSR count). The molecule has 0 aliphatic carbocycles. The number of epoxide rings is 1. The Labute approximate surface area is 122 Å². The maximum atomic E-state index is 12.8. The molecule has 1 aromatic heterocycles. The first-order chi connectivity index (χ1) is 10.3. The van der Waals surface area contributed by atoms with Gasteiger partial charge in [-0.05, 0) is 24.3 Å². The van der Waals surface area contributed by atoms with E-state index in [1.165, 1.54) is 0 Å². The number of para-hydroxylation sites is 1. The summed E-state index contributed by atoms with van der Waals surface area (Å²) in [6.07, 6.45) is 6.84. The number of hydrogen-bond acceptors (Lipinski definition) is 4. The molecule has 21 heavy (non-hydrogen) atoms. The molecule has 104 valence electrons. The number of rotatable bonds is 5. The molecule has 2 heterocycles. The van der Waals surface area contributed by atoms with Gasteiger partial charge >= 0.3 is 0 Å². The number of carbonyl (C=O) groups excluding carboxylic acids is 1. The minimum atomic E-state index is -0.989. The van der Waals surface area contributed by atoms with Crippen molar-refractivity contribution in [1.29, 1.82) is 0 Å². The summed E-state index contributed by atoms with van der Waals surface area (Å²) in [7, 11) is 0. The summed E-state index contributed by atoms with van der Waals surface area (Å²) >= 11 is 0. The van der Waals surface area contributed by atoms with Gasteiger partial charge in [0, 0.05) is 6.20 Å². The predicted molar refractivity (Wildman–Crippen MR) is 77.0 cm³/mol. The fourth-order valence-electron chi connectivity index (χ4n) is 2.19. The Bertz CT molecular complexity index is 699. The molecule has 2 aromatic rings. The van der Waals surface area contributed by atoms with E-state index in [1.807, 2.05) is 6.07 Å². The van der Waals surface area contributed by atoms with E-state index in [4.69, 9.17) is 15.9 Å². The molecule has 1 aromatic carbocycles. The fraction of sp³-hybridized carbons (Fsp3) is 0.176. The van der Waals surface area contributed by atoms with Crippen molar-refractivity contribution in [2.24, 2.45) is 0 Å². The average Bonchev–Trinajstić information content (AvgIpc) is 3.35. The molecular formula is C17H13NO3. The van der Waals surface area contributed by atoms with E-state index in [0.29, 0.717) is 23.6 Å². The zero-order chi connectivity index (χ0) is 14.7. The normalized spacial score (nSPS) is 19.6. The second kappa shape index (κ2) is 5.39. The molecule has 0 spiro atoms. The Hall–Kier alpha value is -2.64. The standard InChI is InChI=1S/C17H13NO3/c1-2-11-20-14-8-4-3-7-13(14)16(19)17(12-21-17)15-9-5-6-10-18-15/h1,3-10H,11-12H2. The van der Waals surface area contributed by atoms with Crippen LogP contribution >= 0.6 is 0 Å². The van der Waals surface area contributed by atoms with Crippen molar-refractivity contribution in [3.63, 3.8) is 0 Å². The molecule has 1 atom stereocenters. The molecule has 0 N–H and O–H groups in total. The van der Waals surface area contributed by atoms with Gasteiger partial charge in [0.15, 0.2) is 5.60 Å². The summed E-state index contributed by atoms with van der Waals surface area (Å²) in [5, 5.41) is 0. The van der Waals surface area contributed by atoms with Crippen molar-refractivity contribution < 1.29 is 14.3 Å². The van der Waals surface area contributed by atoms with Gasteiger partial charge in [-0.1, -0.05) is 24.1 Å². The molecule has 0 amide bonds. The zero-order valence-electron chi connectivity index (χ0n) is 11.3. The summed E-state index contributed by atoms with van der Waals surface area (Å²) < 4.78 is 10.9. The minimum absolute atomic E-state index is 0.113. The number of pyridine rings is 1. The Kier molecular flexibility index (Phi) is 3.43. The second-order valence-electron chi connectivity index (χ2n) is 4.65. The quantitative estimate of drug-likeness (QED) is 0.478. The maximum absolute atomic E-state index is 12.8. The zero-order valence-corrected chi connectivity index (χ0v) is 11.3. The Morgan fingerprint density at radius 1 is 1.33 bits per heavy atom. The number of aromatic nitrogens is 1. The van der Waals surface area contributed by atoms with Crippen LogP contribution in [-0.2, 0) is 10.3 Å². The van der Waals surface area contributed by atoms with E-state index in [0.717, 1.165) is 0 Å². The number of Topliss-reactive ketones (excluding diaryl/α,β-unsaturated/α-hetero) is 1. The van der Waals surface area contributed by atoms with Crippen LogP contribution in [-0.4, -0.2) is 24.0 Å². The van der Waals surface area contributed by atoms with Crippen LogP contribution < -0.4 is 4.74 Å². The molecule has 0 bridgehead atoms. The van der Waals surface area contributed by atoms with Crippen molar-refractivity contribution in [3.8, 4) is 18.1 Å². The smallest absolute Gasteiger partial charge is 0.206 e. The molecule has 1 unspecified atom stereocenters. The number of terminal acetylenes is 1. The number of ketones is 1. The first-order valence-corrected chi connectivity index (χ1v) is 6.53. The van der Waals surface area contributed by atoms with Gasteiger partial charge in [-0.3, -0.25) is 9.78 Å². The van der Waals surface area contributed by atoms with Crippen molar-refractivity contribution in [2.75, 3.05) is 13.2 Å². The highest BCUT2D eigenvalue weighted by Crippen LogP contribution is 2.42. The molecule has 1 saturated heterocycles. The van der Waals surface area contributed by atoms with Crippen LogP contribution in [0.2, 0.25) is 0 Å². The summed E-state index contributed by atoms with van der Waals surface area (Å²) in [6, 6.07) is 12.4. The lowest BCUT2D eigenvalue weighted by molar-refractivity contribution is 0.0863. The molecule has 1 fully saturated rings. The Balaban J connectivity index is 1.95. The summed E-state index contributed by atoms with van der Waals surface area (Å²) in [5.41, 5.74) is 0.0781. The maximum Gasteiger partial charge on any atom is 0.206 e. The lowest BCUT2D eigenvalue weighted by Gasteiger charge is -2.13. The van der Waals surface area contributed by atoms with Gasteiger partial charge in [0.1, 0.15) is 12.4 Å². The third-order valence-corrected chi connectivity index (χ3v) is 3.32. The Morgan fingerprint density at radius 2 is 2.10 bits per heavy atom. The molecular weight excluding hydrogens is 266 g/mol. The van der Waals surface area contributed by atoms with Crippen LogP contribution in [0.5, 0.6) is 5.75 Å². The van der Waals surface area contributed by atoms with Crippen LogP contribution in [0.4, 0.5) is 0 Å². The van der Waals surface area contributed by atoms with Crippen LogP contribution in [0.3, 0.4) is 0 Å². The fourth-order valence-corrected chi connectivity index (χ4v) is 2.19. The van der Waals surface area contributed by atoms with Gasteiger partial charge in [-0.2, -0.15) is 0 Å². The van der Waals surface area contributed by atoms with Crippen molar-refractivity contribution in [1.82, 2.24) is 4.98 Å². The molecule has 0 saturated carbocycles. The third-order valence-electron chi connectivity index (χ3n) is 3.32. The van der Waals surface area contributed by atoms with Crippen LogP contribution in [0.1, 0.15) is 16.1 Å². The van der Waals surface area contributed by atoms with Crippen molar-refractivity contribution >= 4 is 5.78 Å². The molecule has 4 heteroatoms. The summed E-state index contributed by atoms with van der Waals surface area (Å²) in [6.45, 7) is 0.439. The third kappa shape index (κ3) is 2.39. The lowest BCUT2D eigenvalue weighted by Crippen LogP contribution is -2.24. The Morgan fingerprint density at radius 3 is 2.76 bits per heavy atom. The van der Waals surface area contributed by atoms with E-state index in [9.17, 15) is 4.79 Å². The van der Waals surface area contributed by atoms with Gasteiger partial charge in [-0.25, -0.2) is 0 Å². The monoisotopic (exact) mass is 279 g/mol. The minimum Gasteiger partial charge on any atom is -0.480 e. The molecule has 0 radical (unpaired) electrons. The number of ether oxygens (including phenoxy) is 2. The topological polar surface area (TPSA) is 51.7 Å². The second-order valence-corrected chi connectivity index (χ2v) is 4.65. The van der Waals surface area contributed by atoms with Gasteiger partial charge in [0.2, 0.25) is 5.78 Å². The highest BCUT2D eigenvalue weighted by atomic mass is 16.6. The highest BCUT2D eigenvalue weighted by molar-refractivity contribution is 6.06. The molecule has 1 aliphatic rings.